The zero-order valence-electron chi connectivity index (χ0n) is 24.3. The van der Waals surface area contributed by atoms with Crippen molar-refractivity contribution in [2.75, 3.05) is 19.6 Å². The fourth-order valence-corrected chi connectivity index (χ4v) is 4.03. The molecule has 3 heterocycles. The summed E-state index contributed by atoms with van der Waals surface area (Å²) < 4.78 is 1.72. The highest BCUT2D eigenvalue weighted by molar-refractivity contribution is 6.11. The highest BCUT2D eigenvalue weighted by Gasteiger charge is 2.41. The third kappa shape index (κ3) is 8.72. The number of carbonyl (C=O) groups excluding carboxylic acids is 2. The summed E-state index contributed by atoms with van der Waals surface area (Å²) in [7, 11) is 1.85. The van der Waals surface area contributed by atoms with Gasteiger partial charge in [-0.15, -0.1) is 0 Å². The smallest absolute Gasteiger partial charge is 0.255 e. The second kappa shape index (κ2) is 13.2. The molecule has 0 spiro atoms. The summed E-state index contributed by atoms with van der Waals surface area (Å²) in [5, 5.41) is 16.1. The van der Waals surface area contributed by atoms with E-state index < -0.39 is 5.41 Å². The average Bonchev–Trinajstić information content (AvgIpc) is 3.39. The van der Waals surface area contributed by atoms with Crippen molar-refractivity contribution >= 4 is 23.2 Å². The van der Waals surface area contributed by atoms with Crippen LogP contribution in [0.4, 0.5) is 5.69 Å². The Morgan fingerprint density at radius 3 is 2.45 bits per heavy atom. The SMILES string of the molecule is C/C(=C\C(=Nc1c(C(=O)NCC(=O)N2CC(C)(C#N)C2)c[nH]c1C)c1cnn(C)c1)CC(C)C.CC(C)C. The number of H-pyrrole nitrogens is 1. The summed E-state index contributed by atoms with van der Waals surface area (Å²) in [6.07, 6.45) is 8.21. The highest BCUT2D eigenvalue weighted by Crippen LogP contribution is 2.29. The maximum Gasteiger partial charge on any atom is 0.255 e. The number of nitrogens with zero attached hydrogens (tertiary/aromatic N) is 5. The minimum Gasteiger partial charge on any atom is -0.363 e. The number of allylic oxidation sites excluding steroid dienone is 2. The number of rotatable bonds is 8. The number of nitriles is 1. The Labute approximate surface area is 227 Å². The van der Waals surface area contributed by atoms with E-state index in [9.17, 15) is 9.59 Å². The first-order chi connectivity index (χ1) is 17.7. The number of aliphatic imine (C=N–C) groups is 1. The lowest BCUT2D eigenvalue weighted by Gasteiger charge is -2.43. The van der Waals surface area contributed by atoms with E-state index in [0.29, 0.717) is 30.3 Å². The molecule has 2 N–H and O–H groups in total. The first-order valence-electron chi connectivity index (χ1n) is 13.1. The molecule has 0 bridgehead atoms. The lowest BCUT2D eigenvalue weighted by Crippen LogP contribution is -2.58. The van der Waals surface area contributed by atoms with Crippen molar-refractivity contribution in [2.24, 2.45) is 29.3 Å². The molecule has 0 aromatic carbocycles. The minimum atomic E-state index is -0.497. The van der Waals surface area contributed by atoms with Crippen molar-refractivity contribution in [3.63, 3.8) is 0 Å². The normalized spacial score (nSPS) is 15.1. The standard InChI is InChI=1S/C25H33N7O2.C4H10/c1-16(2)7-17(3)8-21(19-9-29-31(6)12-19)30-23-18(4)27-10-20(23)24(34)28-11-22(33)32-14-25(5,13-26)15-32;1-4(2)3/h8-10,12,16,27H,7,11,14-15H2,1-6H3,(H,28,34);4H,1-3H3/b17-8+,30-21?;. The number of nitrogens with one attached hydrogen (secondary N) is 2. The van der Waals surface area contributed by atoms with Crippen LogP contribution in [0.25, 0.3) is 0 Å². The van der Waals surface area contributed by atoms with E-state index in [0.717, 1.165) is 29.3 Å². The molecule has 3 rings (SSSR count). The Balaban J connectivity index is 0.00000118. The number of aromatic nitrogens is 3. The van der Waals surface area contributed by atoms with E-state index in [1.165, 1.54) is 5.57 Å². The monoisotopic (exact) mass is 521 g/mol. The van der Waals surface area contributed by atoms with Gasteiger partial charge < -0.3 is 15.2 Å². The van der Waals surface area contributed by atoms with E-state index in [4.69, 9.17) is 10.3 Å². The van der Waals surface area contributed by atoms with E-state index in [2.05, 4.69) is 63.0 Å². The number of amides is 2. The second-order valence-electron chi connectivity index (χ2n) is 11.5. The predicted molar refractivity (Wildman–Crippen MR) is 151 cm³/mol. The Kier molecular flexibility index (Phi) is 10.6. The molecular weight excluding hydrogens is 478 g/mol. The molecule has 2 amide bonds. The first-order valence-corrected chi connectivity index (χ1v) is 13.1. The molecule has 38 heavy (non-hydrogen) atoms. The maximum atomic E-state index is 12.9. The Bertz CT molecular complexity index is 1220. The van der Waals surface area contributed by atoms with Crippen molar-refractivity contribution in [3.8, 4) is 6.07 Å². The second-order valence-corrected chi connectivity index (χ2v) is 11.5. The molecule has 9 heteroatoms. The van der Waals surface area contributed by atoms with Crippen molar-refractivity contribution in [3.05, 3.63) is 47.1 Å². The third-order valence-corrected chi connectivity index (χ3v) is 5.74. The van der Waals surface area contributed by atoms with E-state index in [1.807, 2.05) is 33.2 Å². The number of carbonyl (C=O) groups is 2. The Morgan fingerprint density at radius 2 is 1.92 bits per heavy atom. The van der Waals surface area contributed by atoms with Crippen LogP contribution >= 0.6 is 0 Å². The van der Waals surface area contributed by atoms with Gasteiger partial charge in [0.1, 0.15) is 0 Å². The van der Waals surface area contributed by atoms with Gasteiger partial charge in [-0.2, -0.15) is 10.4 Å². The molecule has 1 aliphatic rings. The molecule has 2 aromatic heterocycles. The number of likely N-dealkylation sites (tertiary alicyclic amines) is 1. The minimum absolute atomic E-state index is 0.128. The molecule has 1 aliphatic heterocycles. The van der Waals surface area contributed by atoms with Crippen LogP contribution in [0, 0.1) is 35.5 Å². The molecule has 0 unspecified atom stereocenters. The molecule has 0 atom stereocenters. The Hall–Kier alpha value is -3.67. The lowest BCUT2D eigenvalue weighted by atomic mass is 9.84. The quantitative estimate of drug-likeness (QED) is 0.479. The summed E-state index contributed by atoms with van der Waals surface area (Å²) in [6, 6.07) is 2.21. The molecule has 2 aromatic rings. The summed E-state index contributed by atoms with van der Waals surface area (Å²) in [5.74, 6) is 0.756. The van der Waals surface area contributed by atoms with Gasteiger partial charge in [0.05, 0.1) is 41.2 Å². The molecular formula is C29H43N7O2. The van der Waals surface area contributed by atoms with Crippen LogP contribution in [0.15, 0.2) is 35.2 Å². The number of hydrogen-bond acceptors (Lipinski definition) is 5. The molecule has 206 valence electrons. The fourth-order valence-electron chi connectivity index (χ4n) is 4.03. The van der Waals surface area contributed by atoms with Gasteiger partial charge in [0, 0.05) is 43.8 Å². The van der Waals surface area contributed by atoms with Crippen LogP contribution in [0.1, 0.15) is 76.5 Å². The van der Waals surface area contributed by atoms with Crippen molar-refractivity contribution in [2.45, 2.75) is 61.8 Å². The van der Waals surface area contributed by atoms with Gasteiger partial charge in [0.25, 0.3) is 5.91 Å². The van der Waals surface area contributed by atoms with Crippen LogP contribution in [-0.2, 0) is 11.8 Å². The summed E-state index contributed by atoms with van der Waals surface area (Å²) in [4.78, 5) is 34.8. The molecule has 0 radical (unpaired) electrons. The molecule has 1 fully saturated rings. The van der Waals surface area contributed by atoms with Gasteiger partial charge in [-0.25, -0.2) is 4.99 Å². The van der Waals surface area contributed by atoms with Crippen molar-refractivity contribution in [1.29, 1.82) is 5.26 Å². The van der Waals surface area contributed by atoms with Crippen LogP contribution in [0.2, 0.25) is 0 Å². The lowest BCUT2D eigenvalue weighted by molar-refractivity contribution is -0.138. The average molecular weight is 522 g/mol. The summed E-state index contributed by atoms with van der Waals surface area (Å²) in [5.41, 5.74) is 3.90. The van der Waals surface area contributed by atoms with Crippen molar-refractivity contribution in [1.82, 2.24) is 25.0 Å². The zero-order chi connectivity index (χ0) is 28.6. The predicted octanol–water partition coefficient (Wildman–Crippen LogP) is 4.93. The topological polar surface area (TPSA) is 119 Å². The number of aryl methyl sites for hydroxylation is 2. The number of aromatic amines is 1. The molecule has 0 aliphatic carbocycles. The van der Waals surface area contributed by atoms with Gasteiger partial charge in [0.15, 0.2) is 0 Å². The molecule has 0 saturated carbocycles. The number of hydrogen-bond donors (Lipinski definition) is 2. The van der Waals surface area contributed by atoms with Crippen LogP contribution in [-0.4, -0.2) is 56.8 Å². The highest BCUT2D eigenvalue weighted by atomic mass is 16.2. The molecule has 9 nitrogen and oxygen atoms in total. The van der Waals surface area contributed by atoms with Gasteiger partial charge in [-0.05, 0) is 45.1 Å². The van der Waals surface area contributed by atoms with Crippen LogP contribution in [0.5, 0.6) is 0 Å². The molecule has 1 saturated heterocycles. The van der Waals surface area contributed by atoms with Gasteiger partial charge in [-0.1, -0.05) is 40.2 Å². The van der Waals surface area contributed by atoms with E-state index >= 15 is 0 Å². The van der Waals surface area contributed by atoms with Gasteiger partial charge >= 0.3 is 0 Å². The third-order valence-electron chi connectivity index (χ3n) is 5.74. The van der Waals surface area contributed by atoms with Gasteiger partial charge in [0.2, 0.25) is 5.91 Å². The van der Waals surface area contributed by atoms with E-state index in [1.54, 1.807) is 22.0 Å². The Morgan fingerprint density at radius 1 is 1.29 bits per heavy atom. The summed E-state index contributed by atoms with van der Waals surface area (Å²) >= 11 is 0. The summed E-state index contributed by atoms with van der Waals surface area (Å²) in [6.45, 7) is 17.2. The van der Waals surface area contributed by atoms with E-state index in [-0.39, 0.29) is 18.4 Å². The van der Waals surface area contributed by atoms with Crippen LogP contribution < -0.4 is 5.32 Å². The van der Waals surface area contributed by atoms with Crippen molar-refractivity contribution < 1.29 is 9.59 Å². The maximum absolute atomic E-state index is 12.9. The largest absolute Gasteiger partial charge is 0.363 e. The van der Waals surface area contributed by atoms with Crippen LogP contribution in [0.3, 0.4) is 0 Å². The van der Waals surface area contributed by atoms with Gasteiger partial charge in [-0.3, -0.25) is 14.3 Å². The first kappa shape index (κ1) is 30.6. The fraction of sp³-hybridized carbons (Fsp3) is 0.552. The zero-order valence-corrected chi connectivity index (χ0v) is 24.3.